The topological polar surface area (TPSA) is 105 Å². The van der Waals surface area contributed by atoms with Crippen molar-refractivity contribution >= 4 is 13.7 Å². The first-order chi connectivity index (χ1) is 28.5. The van der Waals surface area contributed by atoms with E-state index in [1.807, 2.05) is 21.1 Å². The fourth-order valence-corrected chi connectivity index (χ4v) is 7.97. The average Bonchev–Trinajstić information content (AvgIpc) is 3.19. The Morgan fingerprint density at radius 1 is 0.593 bits per heavy atom. The Morgan fingerprint density at radius 2 is 1.02 bits per heavy atom. The van der Waals surface area contributed by atoms with Crippen LogP contribution in [0.1, 0.15) is 226 Å². The molecule has 0 spiro atoms. The van der Waals surface area contributed by atoms with E-state index in [-0.39, 0.29) is 19.1 Å². The molecule has 3 unspecified atom stereocenters. The van der Waals surface area contributed by atoms with Gasteiger partial charge in [-0.05, 0) is 44.9 Å². The molecule has 3 N–H and O–H groups in total. The molecule has 0 saturated heterocycles. The summed E-state index contributed by atoms with van der Waals surface area (Å²) in [6.45, 7) is 4.78. The molecule has 9 heteroatoms. The lowest BCUT2D eigenvalue weighted by Gasteiger charge is -2.26. The fourth-order valence-electron chi connectivity index (χ4n) is 7.24. The molecule has 0 radical (unpaired) electrons. The van der Waals surface area contributed by atoms with Crippen molar-refractivity contribution < 1.29 is 32.9 Å². The largest absolute Gasteiger partial charge is 0.472 e. The van der Waals surface area contributed by atoms with Gasteiger partial charge in [-0.1, -0.05) is 211 Å². The van der Waals surface area contributed by atoms with Gasteiger partial charge in [0.25, 0.3) is 0 Å². The molecule has 0 bridgehead atoms. The zero-order valence-electron chi connectivity index (χ0n) is 39.5. The van der Waals surface area contributed by atoms with Crippen molar-refractivity contribution in [3.8, 4) is 0 Å². The van der Waals surface area contributed by atoms with Gasteiger partial charge in [0, 0.05) is 6.42 Å². The van der Waals surface area contributed by atoms with Crippen LogP contribution in [0.5, 0.6) is 0 Å². The highest BCUT2D eigenvalue weighted by molar-refractivity contribution is 7.47. The van der Waals surface area contributed by atoms with Crippen LogP contribution in [-0.4, -0.2) is 73.4 Å². The summed E-state index contributed by atoms with van der Waals surface area (Å²) in [5, 5.41) is 14.0. The number of nitrogens with zero attached hydrogens (tertiary/aromatic N) is 1. The van der Waals surface area contributed by atoms with Crippen LogP contribution in [-0.2, 0) is 18.4 Å². The molecule has 59 heavy (non-hydrogen) atoms. The number of likely N-dealkylation sites (N-methyl/N-ethyl adjacent to an activating group) is 1. The van der Waals surface area contributed by atoms with Gasteiger partial charge in [-0.2, -0.15) is 0 Å². The molecule has 0 saturated carbocycles. The Kier molecular flexibility index (Phi) is 41.1. The smallest absolute Gasteiger partial charge is 0.391 e. The lowest BCUT2D eigenvalue weighted by molar-refractivity contribution is -0.870. The summed E-state index contributed by atoms with van der Waals surface area (Å²) >= 11 is 0. The molecular formula is C50H98N2O6P+. The van der Waals surface area contributed by atoms with E-state index in [9.17, 15) is 19.4 Å². The number of carbonyl (C=O) groups excluding carboxylic acids is 1. The van der Waals surface area contributed by atoms with Crippen molar-refractivity contribution in [3.63, 3.8) is 0 Å². The fraction of sp³-hybridized carbons (Fsp3) is 0.860. The molecule has 0 aliphatic heterocycles. The molecule has 1 amide bonds. The molecule has 0 aromatic rings. The predicted molar refractivity (Wildman–Crippen MR) is 254 cm³/mol. The monoisotopic (exact) mass is 854 g/mol. The van der Waals surface area contributed by atoms with Gasteiger partial charge in [-0.15, -0.1) is 0 Å². The maximum atomic E-state index is 12.9. The lowest BCUT2D eigenvalue weighted by atomic mass is 10.0. The van der Waals surface area contributed by atoms with Crippen LogP contribution in [0.2, 0.25) is 0 Å². The molecule has 0 rings (SSSR count). The molecule has 0 aromatic carbocycles. The average molecular weight is 854 g/mol. The first-order valence-electron chi connectivity index (χ1n) is 24.9. The highest BCUT2D eigenvalue weighted by atomic mass is 31.2. The first kappa shape index (κ1) is 57.7. The number of phosphoric ester groups is 1. The van der Waals surface area contributed by atoms with E-state index in [0.717, 1.165) is 77.0 Å². The number of unbranched alkanes of at least 4 members (excludes halogenated alkanes) is 26. The van der Waals surface area contributed by atoms with E-state index < -0.39 is 20.0 Å². The van der Waals surface area contributed by atoms with Crippen molar-refractivity contribution in [2.45, 2.75) is 238 Å². The number of rotatable bonds is 45. The summed E-state index contributed by atoms with van der Waals surface area (Å²) in [5.74, 6) is -0.161. The summed E-state index contributed by atoms with van der Waals surface area (Å²) in [6.07, 6.45) is 51.8. The zero-order valence-corrected chi connectivity index (χ0v) is 40.4. The maximum Gasteiger partial charge on any atom is 0.472 e. The highest BCUT2D eigenvalue weighted by Gasteiger charge is 2.28. The summed E-state index contributed by atoms with van der Waals surface area (Å²) in [4.78, 5) is 23.2. The molecule has 0 aromatic heterocycles. The Bertz CT molecular complexity index is 1060. The van der Waals surface area contributed by atoms with E-state index in [0.29, 0.717) is 23.9 Å². The van der Waals surface area contributed by atoms with Crippen LogP contribution in [0.25, 0.3) is 0 Å². The molecule has 3 atom stereocenters. The third-order valence-corrected chi connectivity index (χ3v) is 12.1. The number of amides is 1. The van der Waals surface area contributed by atoms with Crippen molar-refractivity contribution in [1.82, 2.24) is 5.32 Å². The molecule has 0 fully saturated rings. The number of hydrogen-bond acceptors (Lipinski definition) is 5. The molecular weight excluding hydrogens is 756 g/mol. The Balaban J connectivity index is 4.26. The first-order valence-corrected chi connectivity index (χ1v) is 26.3. The molecule has 0 heterocycles. The maximum absolute atomic E-state index is 12.9. The summed E-state index contributed by atoms with van der Waals surface area (Å²) in [7, 11) is 1.60. The molecule has 0 aliphatic carbocycles. The van der Waals surface area contributed by atoms with E-state index in [1.54, 1.807) is 0 Å². The van der Waals surface area contributed by atoms with Crippen molar-refractivity contribution in [1.29, 1.82) is 0 Å². The third-order valence-electron chi connectivity index (χ3n) is 11.2. The minimum absolute atomic E-state index is 0.0706. The van der Waals surface area contributed by atoms with Crippen LogP contribution in [0.4, 0.5) is 0 Å². The molecule has 348 valence electrons. The van der Waals surface area contributed by atoms with E-state index in [2.05, 4.69) is 55.6 Å². The number of aliphatic hydroxyl groups is 1. The van der Waals surface area contributed by atoms with E-state index in [4.69, 9.17) is 9.05 Å². The number of quaternary nitrogens is 1. The third kappa shape index (κ3) is 44.6. The van der Waals surface area contributed by atoms with Gasteiger partial charge in [0.1, 0.15) is 13.2 Å². The number of allylic oxidation sites excluding steroid dienone is 6. The standard InChI is InChI=1S/C50H97N2O6P/c1-6-8-10-12-14-16-18-20-22-23-24-25-26-27-28-30-31-33-35-37-39-41-43-49(53)48(47-58-59(55,56)57-46-45-52(3,4)5)51-50(54)44-42-40-38-36-34-32-29-21-19-17-15-13-11-9-7-2/h9,11,15,17,21,29,48-49,53H,6-8,10,12-14,16,18-20,22-28,30-47H2,1-5H3,(H-,51,54,55,56)/p+1/b11-9-,17-15-,29-21-. The quantitative estimate of drug-likeness (QED) is 0.0244. The van der Waals surface area contributed by atoms with Crippen molar-refractivity contribution in [2.75, 3.05) is 40.9 Å². The number of phosphoric acid groups is 1. The summed E-state index contributed by atoms with van der Waals surface area (Å²) in [6, 6.07) is -0.769. The van der Waals surface area contributed by atoms with E-state index >= 15 is 0 Å². The van der Waals surface area contributed by atoms with Crippen LogP contribution in [0.15, 0.2) is 36.5 Å². The number of hydrogen-bond donors (Lipinski definition) is 3. The second kappa shape index (κ2) is 42.0. The van der Waals surface area contributed by atoms with Gasteiger partial charge in [-0.25, -0.2) is 4.57 Å². The second-order valence-electron chi connectivity index (χ2n) is 18.2. The Morgan fingerprint density at radius 3 is 1.49 bits per heavy atom. The minimum atomic E-state index is -4.32. The van der Waals surface area contributed by atoms with Crippen molar-refractivity contribution in [2.24, 2.45) is 0 Å². The Labute approximate surface area is 366 Å². The van der Waals surface area contributed by atoms with Crippen LogP contribution < -0.4 is 5.32 Å². The van der Waals surface area contributed by atoms with Gasteiger partial charge < -0.3 is 19.8 Å². The summed E-state index contributed by atoms with van der Waals surface area (Å²) in [5.41, 5.74) is 0. The normalized spacial score (nSPS) is 14.5. The van der Waals surface area contributed by atoms with Crippen LogP contribution in [0, 0.1) is 0 Å². The zero-order chi connectivity index (χ0) is 43.6. The molecule has 0 aliphatic rings. The van der Waals surface area contributed by atoms with E-state index in [1.165, 1.54) is 122 Å². The summed E-state index contributed by atoms with van der Waals surface area (Å²) < 4.78 is 23.7. The van der Waals surface area contributed by atoms with Gasteiger partial charge in [0.2, 0.25) is 5.91 Å². The predicted octanol–water partition coefficient (Wildman–Crippen LogP) is 14.3. The number of carbonyl (C=O) groups is 1. The SMILES string of the molecule is CC/C=C\C/C=C\C/C=C\CCCCCCCC(=O)NC(COP(=O)(O)OCC[N+](C)(C)C)C(O)CCCCCCCCCCCCCCCCCCCCCCCC. The second-order valence-corrected chi connectivity index (χ2v) is 19.6. The molecule has 8 nitrogen and oxygen atoms in total. The van der Waals surface area contributed by atoms with Gasteiger partial charge in [0.05, 0.1) is 39.9 Å². The number of nitrogens with one attached hydrogen (secondary N) is 1. The van der Waals surface area contributed by atoms with Gasteiger partial charge >= 0.3 is 7.82 Å². The van der Waals surface area contributed by atoms with Crippen LogP contribution in [0.3, 0.4) is 0 Å². The van der Waals surface area contributed by atoms with Crippen LogP contribution >= 0.6 is 7.82 Å². The van der Waals surface area contributed by atoms with Gasteiger partial charge in [0.15, 0.2) is 0 Å². The number of aliphatic hydroxyl groups excluding tert-OH is 1. The van der Waals surface area contributed by atoms with Crippen molar-refractivity contribution in [3.05, 3.63) is 36.5 Å². The lowest BCUT2D eigenvalue weighted by Crippen LogP contribution is -2.46. The Hall–Kier alpha value is -1.28. The highest BCUT2D eigenvalue weighted by Crippen LogP contribution is 2.43. The minimum Gasteiger partial charge on any atom is -0.391 e. The van der Waals surface area contributed by atoms with Gasteiger partial charge in [-0.3, -0.25) is 13.8 Å².